The van der Waals surface area contributed by atoms with Crippen molar-refractivity contribution in [1.29, 1.82) is 0 Å². The molecule has 2 unspecified atom stereocenters. The number of ether oxygens (including phenoxy) is 1. The molecule has 1 saturated heterocycles. The average molecular weight is 433 g/mol. The van der Waals surface area contributed by atoms with Crippen LogP contribution in [-0.2, 0) is 21.3 Å². The van der Waals surface area contributed by atoms with Gasteiger partial charge in [-0.3, -0.25) is 4.98 Å². The lowest BCUT2D eigenvalue weighted by atomic mass is 10.3. The van der Waals surface area contributed by atoms with Crippen LogP contribution >= 0.6 is 23.7 Å². The summed E-state index contributed by atoms with van der Waals surface area (Å²) in [6.45, 7) is 5.57. The van der Waals surface area contributed by atoms with Crippen molar-refractivity contribution in [2.24, 2.45) is 0 Å². The first kappa shape index (κ1) is 22.2. The first-order chi connectivity index (χ1) is 12.4. The Kier molecular flexibility index (Phi) is 8.14. The number of morpholine rings is 1. The van der Waals surface area contributed by atoms with E-state index in [2.05, 4.69) is 15.3 Å². The predicted molar refractivity (Wildman–Crippen MR) is 110 cm³/mol. The molecule has 7 nitrogen and oxygen atoms in total. The molecule has 2 atom stereocenters. The summed E-state index contributed by atoms with van der Waals surface area (Å²) in [5.74, 6) is 0.0731. The summed E-state index contributed by atoms with van der Waals surface area (Å²) in [5.41, 5.74) is 1.74. The van der Waals surface area contributed by atoms with E-state index in [1.807, 2.05) is 37.4 Å². The fraction of sp³-hybridized carbons (Fsp3) is 0.529. The Balaban J connectivity index is 0.00000261. The van der Waals surface area contributed by atoms with Crippen molar-refractivity contribution in [3.8, 4) is 10.7 Å². The number of sulfonamides is 1. The van der Waals surface area contributed by atoms with Crippen molar-refractivity contribution in [3.05, 3.63) is 35.5 Å². The van der Waals surface area contributed by atoms with E-state index in [1.165, 1.54) is 15.6 Å². The van der Waals surface area contributed by atoms with Crippen LogP contribution in [0.25, 0.3) is 10.7 Å². The van der Waals surface area contributed by atoms with Gasteiger partial charge < -0.3 is 10.1 Å². The first-order valence-electron chi connectivity index (χ1n) is 8.64. The van der Waals surface area contributed by atoms with Crippen LogP contribution in [-0.4, -0.2) is 60.3 Å². The van der Waals surface area contributed by atoms with Gasteiger partial charge in [-0.25, -0.2) is 13.4 Å². The summed E-state index contributed by atoms with van der Waals surface area (Å²) >= 11 is 1.54. The lowest BCUT2D eigenvalue weighted by Crippen LogP contribution is -2.49. The third-order valence-electron chi connectivity index (χ3n) is 4.06. The molecule has 1 fully saturated rings. The normalized spacial score (nSPS) is 21.0. The molecule has 0 radical (unpaired) electrons. The molecular weight excluding hydrogens is 408 g/mol. The zero-order chi connectivity index (χ0) is 18.6. The molecule has 10 heteroatoms. The Labute approximate surface area is 170 Å². The molecule has 0 bridgehead atoms. The van der Waals surface area contributed by atoms with Gasteiger partial charge >= 0.3 is 0 Å². The molecule has 3 heterocycles. The fourth-order valence-corrected chi connectivity index (χ4v) is 5.23. The van der Waals surface area contributed by atoms with Crippen molar-refractivity contribution < 1.29 is 13.2 Å². The minimum atomic E-state index is -3.28. The minimum absolute atomic E-state index is 0. The van der Waals surface area contributed by atoms with Gasteiger partial charge in [-0.05, 0) is 26.0 Å². The van der Waals surface area contributed by atoms with Gasteiger partial charge in [0.05, 0.1) is 29.3 Å². The third-order valence-corrected chi connectivity index (χ3v) is 6.78. The maximum absolute atomic E-state index is 12.5. The molecule has 0 aliphatic carbocycles. The van der Waals surface area contributed by atoms with Gasteiger partial charge in [-0.15, -0.1) is 23.7 Å². The third kappa shape index (κ3) is 6.20. The molecule has 2 aromatic heterocycles. The zero-order valence-electron chi connectivity index (χ0n) is 15.4. The van der Waals surface area contributed by atoms with Gasteiger partial charge in [0.15, 0.2) is 0 Å². The molecule has 2 aromatic rings. The van der Waals surface area contributed by atoms with E-state index in [9.17, 15) is 8.42 Å². The Bertz CT molecular complexity index is 807. The number of hydrogen-bond donors (Lipinski definition) is 1. The predicted octanol–water partition coefficient (Wildman–Crippen LogP) is 2.16. The first-order valence-corrected chi connectivity index (χ1v) is 11.1. The molecular formula is C17H25ClN4O3S2. The number of nitrogens with zero attached hydrogens (tertiary/aromatic N) is 3. The second-order valence-corrected chi connectivity index (χ2v) is 9.37. The maximum Gasteiger partial charge on any atom is 0.215 e. The van der Waals surface area contributed by atoms with Gasteiger partial charge in [0, 0.05) is 37.8 Å². The summed E-state index contributed by atoms with van der Waals surface area (Å²) in [4.78, 5) is 8.83. The molecule has 3 rings (SSSR count). The monoisotopic (exact) mass is 432 g/mol. The molecule has 0 amide bonds. The highest BCUT2D eigenvalue weighted by Gasteiger charge is 2.30. The Morgan fingerprint density at radius 3 is 2.70 bits per heavy atom. The number of aromatic nitrogens is 2. The second kappa shape index (κ2) is 9.90. The summed E-state index contributed by atoms with van der Waals surface area (Å²) in [6.07, 6.45) is 1.61. The van der Waals surface area contributed by atoms with Crippen LogP contribution in [0.15, 0.2) is 29.8 Å². The number of nitrogens with one attached hydrogen (secondary N) is 1. The van der Waals surface area contributed by atoms with Gasteiger partial charge in [0.2, 0.25) is 10.0 Å². The number of thiazole rings is 1. The highest BCUT2D eigenvalue weighted by Crippen LogP contribution is 2.21. The van der Waals surface area contributed by atoms with Crippen LogP contribution in [0.1, 0.15) is 19.5 Å². The van der Waals surface area contributed by atoms with Gasteiger partial charge in [-0.2, -0.15) is 4.31 Å². The summed E-state index contributed by atoms with van der Waals surface area (Å²) in [6, 6.07) is 5.72. The van der Waals surface area contributed by atoms with E-state index in [0.717, 1.165) is 16.4 Å². The molecule has 1 aliphatic heterocycles. The summed E-state index contributed by atoms with van der Waals surface area (Å²) < 4.78 is 32.1. The number of hydrogen-bond acceptors (Lipinski definition) is 7. The lowest BCUT2D eigenvalue weighted by molar-refractivity contribution is -0.0440. The SMILES string of the molecule is CC1CN(S(=O)(=O)CCNCc2csc(-c3ccccn3)n2)CC(C)O1.Cl. The average Bonchev–Trinajstić information content (AvgIpc) is 3.08. The largest absolute Gasteiger partial charge is 0.373 e. The van der Waals surface area contributed by atoms with Crippen molar-refractivity contribution in [1.82, 2.24) is 19.6 Å². The highest BCUT2D eigenvalue weighted by atomic mass is 35.5. The van der Waals surface area contributed by atoms with E-state index >= 15 is 0 Å². The molecule has 1 N–H and O–H groups in total. The van der Waals surface area contributed by atoms with Gasteiger partial charge in [-0.1, -0.05) is 6.07 Å². The van der Waals surface area contributed by atoms with Crippen LogP contribution in [0.4, 0.5) is 0 Å². The molecule has 0 aromatic carbocycles. The maximum atomic E-state index is 12.5. The Hall–Kier alpha value is -1.10. The van der Waals surface area contributed by atoms with Crippen molar-refractivity contribution in [3.63, 3.8) is 0 Å². The topological polar surface area (TPSA) is 84.4 Å². The van der Waals surface area contributed by atoms with Crippen LogP contribution in [0.5, 0.6) is 0 Å². The van der Waals surface area contributed by atoms with Crippen LogP contribution in [0.2, 0.25) is 0 Å². The Morgan fingerprint density at radius 2 is 2.04 bits per heavy atom. The van der Waals surface area contributed by atoms with Crippen LogP contribution in [0, 0.1) is 0 Å². The summed E-state index contributed by atoms with van der Waals surface area (Å²) in [7, 11) is -3.28. The zero-order valence-corrected chi connectivity index (χ0v) is 17.8. The van der Waals surface area contributed by atoms with Gasteiger partial charge in [0.1, 0.15) is 5.01 Å². The van der Waals surface area contributed by atoms with Crippen LogP contribution < -0.4 is 5.32 Å². The lowest BCUT2D eigenvalue weighted by Gasteiger charge is -2.34. The Morgan fingerprint density at radius 1 is 1.30 bits per heavy atom. The number of pyridine rings is 1. The van der Waals surface area contributed by atoms with E-state index in [1.54, 1.807) is 6.20 Å². The molecule has 0 saturated carbocycles. The highest BCUT2D eigenvalue weighted by molar-refractivity contribution is 7.89. The van der Waals surface area contributed by atoms with E-state index in [0.29, 0.717) is 26.2 Å². The smallest absolute Gasteiger partial charge is 0.215 e. The molecule has 27 heavy (non-hydrogen) atoms. The fourth-order valence-electron chi connectivity index (χ4n) is 2.90. The summed E-state index contributed by atoms with van der Waals surface area (Å²) in [5, 5.41) is 6.01. The van der Waals surface area contributed by atoms with E-state index in [4.69, 9.17) is 4.74 Å². The quantitative estimate of drug-likeness (QED) is 0.675. The molecule has 150 valence electrons. The van der Waals surface area contributed by atoms with Gasteiger partial charge in [0.25, 0.3) is 0 Å². The van der Waals surface area contributed by atoms with Crippen molar-refractivity contribution in [2.45, 2.75) is 32.6 Å². The van der Waals surface area contributed by atoms with Crippen LogP contribution in [0.3, 0.4) is 0 Å². The number of halogens is 1. The minimum Gasteiger partial charge on any atom is -0.373 e. The standard InChI is InChI=1S/C17H24N4O3S2.ClH/c1-13-10-21(11-14(2)24-13)26(22,23)8-7-18-9-15-12-25-17(20-15)16-5-3-4-6-19-16;/h3-6,12-14,18H,7-11H2,1-2H3;1H. The van der Waals surface area contributed by atoms with E-state index in [-0.39, 0.29) is 30.4 Å². The van der Waals surface area contributed by atoms with E-state index < -0.39 is 10.0 Å². The molecule has 0 spiro atoms. The van der Waals surface area contributed by atoms with Crippen molar-refractivity contribution in [2.75, 3.05) is 25.4 Å². The number of rotatable bonds is 7. The molecule has 1 aliphatic rings. The van der Waals surface area contributed by atoms with Crippen molar-refractivity contribution >= 4 is 33.8 Å². The second-order valence-electron chi connectivity index (χ2n) is 6.43.